The molecule has 3 aromatic carbocycles. The highest BCUT2D eigenvalue weighted by Gasteiger charge is 2.24. The summed E-state index contributed by atoms with van der Waals surface area (Å²) in [6.07, 6.45) is 0.119. The molecule has 1 aliphatic heterocycles. The number of nitrogens with zero attached hydrogens (tertiary/aromatic N) is 1. The van der Waals surface area contributed by atoms with Crippen molar-refractivity contribution < 1.29 is 28.2 Å². The molecule has 0 fully saturated rings. The fraction of sp³-hybridized carbons (Fsp3) is 0.259. The summed E-state index contributed by atoms with van der Waals surface area (Å²) in [7, 11) is 3.20. The summed E-state index contributed by atoms with van der Waals surface area (Å²) < 4.78 is 30.2. The van der Waals surface area contributed by atoms with E-state index >= 15 is 0 Å². The van der Waals surface area contributed by atoms with Crippen LogP contribution in [0.2, 0.25) is 0 Å². The van der Waals surface area contributed by atoms with E-state index in [0.29, 0.717) is 36.8 Å². The van der Waals surface area contributed by atoms with Gasteiger partial charge >= 0.3 is 0 Å². The predicted octanol–water partition coefficient (Wildman–Crippen LogP) is 4.89. The Morgan fingerprint density at radius 3 is 2.44 bits per heavy atom. The molecule has 0 unspecified atom stereocenters. The molecule has 0 bridgehead atoms. The van der Waals surface area contributed by atoms with Crippen molar-refractivity contribution in [1.82, 2.24) is 4.90 Å². The molecule has 0 saturated heterocycles. The molecule has 4 rings (SSSR count). The molecule has 6 nitrogen and oxygen atoms in total. The molecule has 0 N–H and O–H groups in total. The van der Waals surface area contributed by atoms with Gasteiger partial charge in [-0.05, 0) is 48.0 Å². The van der Waals surface area contributed by atoms with Crippen molar-refractivity contribution in [2.24, 2.45) is 0 Å². The highest BCUT2D eigenvalue weighted by atomic mass is 19.1. The number of carbonyl (C=O) groups is 2. The first-order valence-corrected chi connectivity index (χ1v) is 11.0. The van der Waals surface area contributed by atoms with E-state index in [1.165, 1.54) is 24.3 Å². The molecule has 7 heteroatoms. The van der Waals surface area contributed by atoms with Crippen LogP contribution in [0, 0.1) is 5.82 Å². The van der Waals surface area contributed by atoms with E-state index in [9.17, 15) is 14.0 Å². The van der Waals surface area contributed by atoms with Crippen LogP contribution in [0.4, 0.5) is 4.39 Å². The Balaban J connectivity index is 1.54. The molecule has 0 spiro atoms. The zero-order valence-corrected chi connectivity index (χ0v) is 19.2. The van der Waals surface area contributed by atoms with Gasteiger partial charge in [0.15, 0.2) is 17.3 Å². The molecular weight excluding hydrogens is 437 g/mol. The van der Waals surface area contributed by atoms with Crippen LogP contribution in [0.25, 0.3) is 11.1 Å². The zero-order chi connectivity index (χ0) is 24.1. The minimum absolute atomic E-state index is 0.0548. The van der Waals surface area contributed by atoms with Crippen LogP contribution < -0.4 is 14.2 Å². The average Bonchev–Trinajstić information content (AvgIpc) is 3.09. The standard InChI is InChI=1S/C27H26FNO5/c1-32-24-6-4-3-5-22(24)19-15-20-17-29(13-14-34-27(20)25(16-19)33-2)26(31)12-11-23(30)18-7-9-21(28)10-8-18/h3-10,15-16H,11-14,17H2,1-2H3. The highest BCUT2D eigenvalue weighted by molar-refractivity contribution is 5.97. The first-order chi connectivity index (χ1) is 16.5. The van der Waals surface area contributed by atoms with Gasteiger partial charge in [0.25, 0.3) is 0 Å². The van der Waals surface area contributed by atoms with Gasteiger partial charge < -0.3 is 19.1 Å². The number of benzene rings is 3. The maximum absolute atomic E-state index is 13.1. The van der Waals surface area contributed by atoms with Crippen LogP contribution in [-0.4, -0.2) is 44.0 Å². The lowest BCUT2D eigenvalue weighted by molar-refractivity contribution is -0.131. The molecule has 0 saturated carbocycles. The summed E-state index contributed by atoms with van der Waals surface area (Å²) in [6, 6.07) is 16.9. The number of halogens is 1. The van der Waals surface area contributed by atoms with Crippen molar-refractivity contribution in [2.45, 2.75) is 19.4 Å². The second kappa shape index (κ2) is 10.4. The topological polar surface area (TPSA) is 65.1 Å². The maximum Gasteiger partial charge on any atom is 0.223 e. The van der Waals surface area contributed by atoms with E-state index in [-0.39, 0.29) is 24.5 Å². The van der Waals surface area contributed by atoms with Crippen LogP contribution in [-0.2, 0) is 11.3 Å². The molecular formula is C27H26FNO5. The van der Waals surface area contributed by atoms with Gasteiger partial charge in [-0.25, -0.2) is 4.39 Å². The largest absolute Gasteiger partial charge is 0.496 e. The lowest BCUT2D eigenvalue weighted by Crippen LogP contribution is -2.32. The number of fused-ring (bicyclic) bond motifs is 1. The summed E-state index contributed by atoms with van der Waals surface area (Å²) in [5.41, 5.74) is 3.00. The van der Waals surface area contributed by atoms with Gasteiger partial charge in [0, 0.05) is 36.1 Å². The highest BCUT2D eigenvalue weighted by Crippen LogP contribution is 2.40. The number of carbonyl (C=O) groups excluding carboxylic acids is 2. The minimum Gasteiger partial charge on any atom is -0.496 e. The molecule has 1 amide bonds. The van der Waals surface area contributed by atoms with Crippen LogP contribution in [0.1, 0.15) is 28.8 Å². The average molecular weight is 464 g/mol. The van der Waals surface area contributed by atoms with Crippen molar-refractivity contribution in [1.29, 1.82) is 0 Å². The summed E-state index contributed by atoms with van der Waals surface area (Å²) in [6.45, 7) is 1.04. The number of amides is 1. The van der Waals surface area contributed by atoms with Crippen molar-refractivity contribution >= 4 is 11.7 Å². The number of hydrogen-bond acceptors (Lipinski definition) is 5. The Morgan fingerprint density at radius 1 is 0.971 bits per heavy atom. The molecule has 34 heavy (non-hydrogen) atoms. The van der Waals surface area contributed by atoms with Crippen molar-refractivity contribution in [3.63, 3.8) is 0 Å². The maximum atomic E-state index is 13.1. The lowest BCUT2D eigenvalue weighted by atomic mass is 10.00. The number of ether oxygens (including phenoxy) is 3. The van der Waals surface area contributed by atoms with Gasteiger partial charge in [0.05, 0.1) is 20.8 Å². The number of rotatable bonds is 7. The Morgan fingerprint density at radius 2 is 1.71 bits per heavy atom. The van der Waals surface area contributed by atoms with Crippen LogP contribution in [0.5, 0.6) is 17.2 Å². The Kier molecular flexibility index (Phi) is 7.11. The zero-order valence-electron chi connectivity index (χ0n) is 19.2. The van der Waals surface area contributed by atoms with E-state index in [1.54, 1.807) is 19.1 Å². The summed E-state index contributed by atoms with van der Waals surface area (Å²) in [5, 5.41) is 0. The normalized spacial score (nSPS) is 12.9. The molecule has 0 atom stereocenters. The molecule has 1 heterocycles. The summed E-state index contributed by atoms with van der Waals surface area (Å²) >= 11 is 0. The number of ketones is 1. The Hall–Kier alpha value is -3.87. The Labute approximate surface area is 197 Å². The minimum atomic E-state index is -0.404. The quantitative estimate of drug-likeness (QED) is 0.467. The molecule has 1 aliphatic rings. The second-order valence-electron chi connectivity index (χ2n) is 7.96. The van der Waals surface area contributed by atoms with Gasteiger partial charge in [-0.3, -0.25) is 9.59 Å². The molecule has 0 aliphatic carbocycles. The SMILES string of the molecule is COc1ccccc1-c1cc2c(c(OC)c1)OCCN(C(=O)CCC(=O)c1ccc(F)cc1)C2. The molecule has 176 valence electrons. The monoisotopic (exact) mass is 463 g/mol. The van der Waals surface area contributed by atoms with Gasteiger partial charge in [-0.1, -0.05) is 18.2 Å². The third-order valence-corrected chi connectivity index (χ3v) is 5.82. The number of hydrogen-bond donors (Lipinski definition) is 0. The van der Waals surface area contributed by atoms with Gasteiger partial charge in [0.2, 0.25) is 5.91 Å². The second-order valence-corrected chi connectivity index (χ2v) is 7.96. The molecule has 3 aromatic rings. The first kappa shape index (κ1) is 23.3. The molecule has 0 radical (unpaired) electrons. The first-order valence-electron chi connectivity index (χ1n) is 11.0. The predicted molar refractivity (Wildman–Crippen MR) is 126 cm³/mol. The Bertz CT molecular complexity index is 1190. The van der Waals surface area contributed by atoms with Crippen LogP contribution in [0.3, 0.4) is 0 Å². The van der Waals surface area contributed by atoms with Crippen LogP contribution >= 0.6 is 0 Å². The van der Waals surface area contributed by atoms with E-state index in [1.807, 2.05) is 36.4 Å². The van der Waals surface area contributed by atoms with Crippen molar-refractivity contribution in [3.05, 3.63) is 77.6 Å². The summed E-state index contributed by atoms with van der Waals surface area (Å²) in [5.74, 6) is 1.18. The number of methoxy groups -OCH3 is 2. The van der Waals surface area contributed by atoms with E-state index in [4.69, 9.17) is 14.2 Å². The summed E-state index contributed by atoms with van der Waals surface area (Å²) in [4.78, 5) is 27.1. The van der Waals surface area contributed by atoms with Crippen LogP contribution in [0.15, 0.2) is 60.7 Å². The molecule has 0 aromatic heterocycles. The fourth-order valence-corrected chi connectivity index (χ4v) is 4.05. The lowest BCUT2D eigenvalue weighted by Gasteiger charge is -2.20. The third kappa shape index (κ3) is 5.03. The van der Waals surface area contributed by atoms with Gasteiger partial charge in [0.1, 0.15) is 18.2 Å². The third-order valence-electron chi connectivity index (χ3n) is 5.82. The van der Waals surface area contributed by atoms with E-state index < -0.39 is 5.82 Å². The van der Waals surface area contributed by atoms with Gasteiger partial charge in [-0.2, -0.15) is 0 Å². The van der Waals surface area contributed by atoms with Crippen molar-refractivity contribution in [2.75, 3.05) is 27.4 Å². The number of para-hydroxylation sites is 1. The van der Waals surface area contributed by atoms with E-state index in [2.05, 4.69) is 0 Å². The smallest absolute Gasteiger partial charge is 0.223 e. The van der Waals surface area contributed by atoms with Crippen molar-refractivity contribution in [3.8, 4) is 28.4 Å². The van der Waals surface area contributed by atoms with E-state index in [0.717, 1.165) is 22.4 Å². The fourth-order valence-electron chi connectivity index (χ4n) is 4.05. The number of Topliss-reactive ketones (excluding diaryl/α,β-unsaturated/α-hetero) is 1. The van der Waals surface area contributed by atoms with Gasteiger partial charge in [-0.15, -0.1) is 0 Å².